The third-order valence-corrected chi connectivity index (χ3v) is 3.79. The van der Waals surface area contributed by atoms with Gasteiger partial charge in [-0.2, -0.15) is 13.2 Å². The third-order valence-electron chi connectivity index (χ3n) is 3.79. The van der Waals surface area contributed by atoms with E-state index in [2.05, 4.69) is 0 Å². The number of hydrogen-bond acceptors (Lipinski definition) is 1. The van der Waals surface area contributed by atoms with Crippen molar-refractivity contribution in [3.8, 4) is 11.1 Å². The molecule has 0 aliphatic heterocycles. The molecule has 0 heterocycles. The second kappa shape index (κ2) is 5.54. The van der Waals surface area contributed by atoms with Crippen molar-refractivity contribution >= 4 is 5.78 Å². The zero-order chi connectivity index (χ0) is 16.6. The number of fused-ring (bicyclic) bond motifs is 1. The summed E-state index contributed by atoms with van der Waals surface area (Å²) in [5.41, 5.74) is 2.76. The predicted molar refractivity (Wildman–Crippen MR) is 82.7 cm³/mol. The van der Waals surface area contributed by atoms with E-state index in [1.807, 2.05) is 37.3 Å². The summed E-state index contributed by atoms with van der Waals surface area (Å²) in [5, 5.41) is 0. The summed E-state index contributed by atoms with van der Waals surface area (Å²) in [6.07, 6.45) is -4.40. The van der Waals surface area contributed by atoms with Crippen molar-refractivity contribution in [2.75, 3.05) is 0 Å². The first-order chi connectivity index (χ1) is 10.9. The number of hydrogen-bond donors (Lipinski definition) is 0. The Morgan fingerprint density at radius 1 is 0.826 bits per heavy atom. The number of rotatable bonds is 2. The minimum absolute atomic E-state index is 0.244. The maximum absolute atomic E-state index is 12.6. The van der Waals surface area contributed by atoms with Crippen LogP contribution < -0.4 is 0 Å². The van der Waals surface area contributed by atoms with Gasteiger partial charge in [-0.15, -0.1) is 0 Å². The fraction of sp³-hybridized carbons (Fsp3) is 0.105. The van der Waals surface area contributed by atoms with Crippen molar-refractivity contribution in [2.45, 2.75) is 13.1 Å². The maximum atomic E-state index is 12.6. The largest absolute Gasteiger partial charge is 0.416 e. The molecule has 2 aliphatic carbocycles. The Kier molecular flexibility index (Phi) is 3.68. The minimum Gasteiger partial charge on any atom is -0.289 e. The summed E-state index contributed by atoms with van der Waals surface area (Å²) >= 11 is 0. The van der Waals surface area contributed by atoms with Crippen LogP contribution in [0.3, 0.4) is 0 Å². The molecular weight excluding hydrogens is 301 g/mol. The molecule has 1 aromatic carbocycles. The molecule has 0 spiro atoms. The lowest BCUT2D eigenvalue weighted by molar-refractivity contribution is -0.137. The predicted octanol–water partition coefficient (Wildman–Crippen LogP) is 5.35. The van der Waals surface area contributed by atoms with Gasteiger partial charge in [-0.25, -0.2) is 0 Å². The van der Waals surface area contributed by atoms with Crippen LogP contribution in [-0.2, 0) is 6.18 Å². The third kappa shape index (κ3) is 2.97. The van der Waals surface area contributed by atoms with Gasteiger partial charge in [0.15, 0.2) is 5.78 Å². The van der Waals surface area contributed by atoms with Gasteiger partial charge in [0.1, 0.15) is 0 Å². The summed E-state index contributed by atoms with van der Waals surface area (Å²) in [4.78, 5) is 12.6. The van der Waals surface area contributed by atoms with E-state index in [1.165, 1.54) is 12.1 Å². The summed E-state index contributed by atoms with van der Waals surface area (Å²) in [6.45, 7) is 1.95. The Morgan fingerprint density at radius 2 is 1.43 bits per heavy atom. The molecule has 0 aromatic heterocycles. The molecule has 1 nitrogen and oxygen atoms in total. The van der Waals surface area contributed by atoms with Crippen molar-refractivity contribution in [3.63, 3.8) is 0 Å². The SMILES string of the molecule is Cc1ccc2ccc(C(=O)c3ccc(C(F)(F)F)cc3)c-2cc1. The number of carbonyl (C=O) groups is 1. The Balaban J connectivity index is 1.99. The zero-order valence-electron chi connectivity index (χ0n) is 12.3. The number of aryl methyl sites for hydroxylation is 1. The maximum Gasteiger partial charge on any atom is 0.416 e. The Bertz CT molecular complexity index is 832. The van der Waals surface area contributed by atoms with Gasteiger partial charge in [-0.3, -0.25) is 4.79 Å². The average molecular weight is 314 g/mol. The molecule has 4 heteroatoms. The second-order valence-corrected chi connectivity index (χ2v) is 5.43. The van der Waals surface area contributed by atoms with E-state index < -0.39 is 11.7 Å². The average Bonchev–Trinajstić information content (AvgIpc) is 2.83. The number of carbonyl (C=O) groups excluding carboxylic acids is 1. The lowest BCUT2D eigenvalue weighted by Crippen LogP contribution is -2.06. The van der Waals surface area contributed by atoms with Crippen LogP contribution in [0.5, 0.6) is 0 Å². The van der Waals surface area contributed by atoms with Gasteiger partial charge in [-0.05, 0) is 36.2 Å². The number of halogens is 3. The molecule has 2 aliphatic rings. The first-order valence-electron chi connectivity index (χ1n) is 7.07. The quantitative estimate of drug-likeness (QED) is 0.583. The molecule has 0 fully saturated rings. The molecule has 0 radical (unpaired) electrons. The van der Waals surface area contributed by atoms with Crippen LogP contribution in [0.25, 0.3) is 11.1 Å². The van der Waals surface area contributed by atoms with Crippen LogP contribution in [0.15, 0.2) is 60.7 Å². The summed E-state index contributed by atoms with van der Waals surface area (Å²) < 4.78 is 37.8. The monoisotopic (exact) mass is 314 g/mol. The van der Waals surface area contributed by atoms with Gasteiger partial charge in [-0.1, -0.05) is 48.0 Å². The fourth-order valence-electron chi connectivity index (χ4n) is 2.50. The number of alkyl halides is 3. The molecule has 0 amide bonds. The molecular formula is C19H13F3O. The van der Waals surface area contributed by atoms with Crippen molar-refractivity contribution in [3.05, 3.63) is 82.9 Å². The molecule has 0 atom stereocenters. The van der Waals surface area contributed by atoms with Gasteiger partial charge in [0.25, 0.3) is 0 Å². The molecule has 0 saturated carbocycles. The zero-order valence-corrected chi connectivity index (χ0v) is 12.3. The molecule has 0 N–H and O–H groups in total. The van der Waals surface area contributed by atoms with Gasteiger partial charge < -0.3 is 0 Å². The van der Waals surface area contributed by atoms with E-state index in [0.29, 0.717) is 5.56 Å². The van der Waals surface area contributed by atoms with E-state index in [4.69, 9.17) is 0 Å². The van der Waals surface area contributed by atoms with E-state index >= 15 is 0 Å². The lowest BCUT2D eigenvalue weighted by Gasteiger charge is -2.07. The molecule has 116 valence electrons. The Labute approximate surface area is 131 Å². The van der Waals surface area contributed by atoms with Crippen LogP contribution in [0.2, 0.25) is 0 Å². The number of benzene rings is 1. The highest BCUT2D eigenvalue weighted by molar-refractivity contribution is 6.13. The standard InChI is InChI=1S/C19H13F3O/c1-12-2-4-13-7-11-17(16(13)10-3-12)18(23)14-5-8-15(9-6-14)19(20,21)22/h2-11H,1H3. The van der Waals surface area contributed by atoms with E-state index in [0.717, 1.165) is 28.8 Å². The van der Waals surface area contributed by atoms with Crippen LogP contribution in [0.4, 0.5) is 13.2 Å². The van der Waals surface area contributed by atoms with Gasteiger partial charge in [0.05, 0.1) is 5.56 Å². The van der Waals surface area contributed by atoms with Crippen LogP contribution in [-0.4, -0.2) is 5.78 Å². The van der Waals surface area contributed by atoms with Crippen molar-refractivity contribution in [1.82, 2.24) is 0 Å². The van der Waals surface area contributed by atoms with Gasteiger partial charge in [0, 0.05) is 11.1 Å². The highest BCUT2D eigenvalue weighted by atomic mass is 19.4. The summed E-state index contributed by atoms with van der Waals surface area (Å²) in [7, 11) is 0. The Morgan fingerprint density at radius 3 is 2.09 bits per heavy atom. The first kappa shape index (κ1) is 15.3. The molecule has 0 saturated heterocycles. The van der Waals surface area contributed by atoms with Crippen molar-refractivity contribution < 1.29 is 18.0 Å². The van der Waals surface area contributed by atoms with Crippen molar-refractivity contribution in [1.29, 1.82) is 0 Å². The van der Waals surface area contributed by atoms with Crippen LogP contribution >= 0.6 is 0 Å². The minimum atomic E-state index is -4.40. The second-order valence-electron chi connectivity index (χ2n) is 5.43. The van der Waals surface area contributed by atoms with Gasteiger partial charge >= 0.3 is 6.18 Å². The van der Waals surface area contributed by atoms with Crippen molar-refractivity contribution in [2.24, 2.45) is 0 Å². The Hall–Kier alpha value is -2.62. The molecule has 23 heavy (non-hydrogen) atoms. The summed E-state index contributed by atoms with van der Waals surface area (Å²) in [6, 6.07) is 15.5. The topological polar surface area (TPSA) is 17.1 Å². The molecule has 3 rings (SSSR count). The highest BCUT2D eigenvalue weighted by Gasteiger charge is 2.30. The molecule has 0 bridgehead atoms. The fourth-order valence-corrected chi connectivity index (χ4v) is 2.50. The lowest BCUT2D eigenvalue weighted by atomic mass is 10.00. The highest BCUT2D eigenvalue weighted by Crippen LogP contribution is 2.31. The number of ketones is 1. The molecule has 1 aromatic rings. The van der Waals surface area contributed by atoms with E-state index in [1.54, 1.807) is 6.07 Å². The van der Waals surface area contributed by atoms with E-state index in [9.17, 15) is 18.0 Å². The van der Waals surface area contributed by atoms with Crippen LogP contribution in [0.1, 0.15) is 27.0 Å². The summed E-state index contributed by atoms with van der Waals surface area (Å²) in [5.74, 6) is -0.280. The normalized spacial score (nSPS) is 11.7. The smallest absolute Gasteiger partial charge is 0.289 e. The van der Waals surface area contributed by atoms with E-state index in [-0.39, 0.29) is 11.3 Å². The van der Waals surface area contributed by atoms with Gasteiger partial charge in [0.2, 0.25) is 0 Å². The van der Waals surface area contributed by atoms with Crippen LogP contribution in [0, 0.1) is 6.92 Å². The molecule has 0 unspecified atom stereocenters. The first-order valence-corrected chi connectivity index (χ1v) is 7.07.